The van der Waals surface area contributed by atoms with Crippen LogP contribution in [-0.4, -0.2) is 17.1 Å². The highest BCUT2D eigenvalue weighted by atomic mass is 35.5. The molecule has 2 amide bonds. The van der Waals surface area contributed by atoms with Crippen LogP contribution in [0.1, 0.15) is 6.42 Å². The number of halogens is 2. The zero-order chi connectivity index (χ0) is 16.4. The number of para-hydroxylation sites is 1. The number of rotatable bonds is 3. The van der Waals surface area contributed by atoms with Crippen molar-refractivity contribution in [3.8, 4) is 0 Å². The Morgan fingerprint density at radius 3 is 2.87 bits per heavy atom. The van der Waals surface area contributed by atoms with Crippen molar-refractivity contribution in [3.05, 3.63) is 53.3 Å². The average Bonchev–Trinajstić information content (AvgIpc) is 2.51. The lowest BCUT2D eigenvalue weighted by Crippen LogP contribution is -2.32. The molecule has 3 rings (SSSR count). The summed E-state index contributed by atoms with van der Waals surface area (Å²) in [5.41, 5.74) is 0.781. The number of nitrogens with one attached hydrogen (secondary N) is 2. The molecule has 1 aliphatic heterocycles. The number of amides is 2. The van der Waals surface area contributed by atoms with Crippen molar-refractivity contribution in [1.29, 1.82) is 0 Å². The van der Waals surface area contributed by atoms with Crippen molar-refractivity contribution >= 4 is 46.6 Å². The van der Waals surface area contributed by atoms with E-state index in [1.54, 1.807) is 6.07 Å². The van der Waals surface area contributed by atoms with Crippen LogP contribution in [0.3, 0.4) is 0 Å². The first-order chi connectivity index (χ1) is 11.0. The summed E-state index contributed by atoms with van der Waals surface area (Å²) in [4.78, 5) is 25.0. The molecule has 2 aromatic rings. The maximum Gasteiger partial charge on any atom is 0.238 e. The maximum absolute atomic E-state index is 13.7. The lowest BCUT2D eigenvalue weighted by Gasteiger charge is -2.23. The van der Waals surface area contributed by atoms with Crippen LogP contribution in [0.4, 0.5) is 15.8 Å². The molecule has 118 valence electrons. The Balaban J connectivity index is 1.67. The van der Waals surface area contributed by atoms with E-state index in [-0.39, 0.29) is 23.0 Å². The third-order valence-electron chi connectivity index (χ3n) is 3.28. The number of hydrogen-bond donors (Lipinski definition) is 2. The van der Waals surface area contributed by atoms with Crippen LogP contribution in [-0.2, 0) is 9.59 Å². The minimum atomic E-state index is -0.614. The van der Waals surface area contributed by atoms with E-state index in [1.165, 1.54) is 23.9 Å². The zero-order valence-electron chi connectivity index (χ0n) is 11.8. The minimum absolute atomic E-state index is 0.0426. The third-order valence-corrected chi connectivity index (χ3v) is 4.79. The molecule has 0 aliphatic carbocycles. The van der Waals surface area contributed by atoms with Gasteiger partial charge in [-0.1, -0.05) is 23.7 Å². The largest absolute Gasteiger partial charge is 0.324 e. The maximum atomic E-state index is 13.7. The van der Waals surface area contributed by atoms with Gasteiger partial charge in [0.05, 0.1) is 16.6 Å². The predicted molar refractivity (Wildman–Crippen MR) is 89.4 cm³/mol. The minimum Gasteiger partial charge on any atom is -0.324 e. The highest BCUT2D eigenvalue weighted by Crippen LogP contribution is 2.36. The van der Waals surface area contributed by atoms with E-state index in [4.69, 9.17) is 11.6 Å². The van der Waals surface area contributed by atoms with Crippen molar-refractivity contribution in [2.75, 3.05) is 10.6 Å². The lowest BCUT2D eigenvalue weighted by molar-refractivity contribution is -0.120. The summed E-state index contributed by atoms with van der Waals surface area (Å²) < 4.78 is 13.7. The van der Waals surface area contributed by atoms with Gasteiger partial charge in [-0.25, -0.2) is 4.39 Å². The fraction of sp³-hybridized carbons (Fsp3) is 0.125. The molecule has 0 aromatic heterocycles. The molecule has 0 unspecified atom stereocenters. The van der Waals surface area contributed by atoms with Crippen LogP contribution in [0.5, 0.6) is 0 Å². The van der Waals surface area contributed by atoms with E-state index >= 15 is 0 Å². The summed E-state index contributed by atoms with van der Waals surface area (Å²) in [6.45, 7) is 0. The van der Waals surface area contributed by atoms with E-state index < -0.39 is 17.0 Å². The summed E-state index contributed by atoms with van der Waals surface area (Å²) in [7, 11) is 0. The smallest absolute Gasteiger partial charge is 0.238 e. The number of anilines is 2. The summed E-state index contributed by atoms with van der Waals surface area (Å²) in [5, 5.41) is 4.92. The second kappa shape index (κ2) is 6.60. The van der Waals surface area contributed by atoms with Crippen LogP contribution >= 0.6 is 23.4 Å². The molecule has 2 aromatic carbocycles. The standard InChI is InChI=1S/C16H12ClFN2O2S/c17-9-5-6-11(10(18)7-9)19-15(21)8-14-16(22)20-12-3-1-2-4-13(12)23-14/h1-7,14H,8H2,(H,19,21)(H,20,22)/t14-/m1/s1. The number of carbonyl (C=O) groups excluding carboxylic acids is 2. The van der Waals surface area contributed by atoms with E-state index in [0.29, 0.717) is 0 Å². The zero-order valence-corrected chi connectivity index (χ0v) is 13.4. The molecule has 0 spiro atoms. The van der Waals surface area contributed by atoms with Gasteiger partial charge in [0.15, 0.2) is 0 Å². The van der Waals surface area contributed by atoms with Crippen molar-refractivity contribution < 1.29 is 14.0 Å². The van der Waals surface area contributed by atoms with Gasteiger partial charge in [-0.05, 0) is 30.3 Å². The molecule has 1 atom stereocenters. The van der Waals surface area contributed by atoms with E-state index in [1.807, 2.05) is 18.2 Å². The Labute approximate surface area is 141 Å². The summed E-state index contributed by atoms with van der Waals surface area (Å²) in [5.74, 6) is -1.28. The van der Waals surface area contributed by atoms with Crippen molar-refractivity contribution in [2.45, 2.75) is 16.6 Å². The first-order valence-electron chi connectivity index (χ1n) is 6.84. The van der Waals surface area contributed by atoms with Gasteiger partial charge < -0.3 is 10.6 Å². The van der Waals surface area contributed by atoms with Crippen LogP contribution in [0, 0.1) is 5.82 Å². The molecule has 0 radical (unpaired) electrons. The molecular weight excluding hydrogens is 339 g/mol. The molecule has 7 heteroatoms. The first kappa shape index (κ1) is 15.8. The van der Waals surface area contributed by atoms with Gasteiger partial charge in [0.25, 0.3) is 0 Å². The van der Waals surface area contributed by atoms with Crippen LogP contribution < -0.4 is 10.6 Å². The van der Waals surface area contributed by atoms with E-state index in [9.17, 15) is 14.0 Å². The van der Waals surface area contributed by atoms with Gasteiger partial charge in [-0.15, -0.1) is 11.8 Å². The molecule has 0 saturated carbocycles. The predicted octanol–water partition coefficient (Wildman–Crippen LogP) is 3.92. The second-order valence-electron chi connectivity index (χ2n) is 4.97. The van der Waals surface area contributed by atoms with Gasteiger partial charge in [-0.3, -0.25) is 9.59 Å². The number of carbonyl (C=O) groups is 2. The number of hydrogen-bond acceptors (Lipinski definition) is 3. The number of thioether (sulfide) groups is 1. The van der Waals surface area contributed by atoms with Gasteiger partial charge in [-0.2, -0.15) is 0 Å². The summed E-state index contributed by atoms with van der Waals surface area (Å²) >= 11 is 6.99. The molecule has 0 saturated heterocycles. The fourth-order valence-corrected chi connectivity index (χ4v) is 3.46. The van der Waals surface area contributed by atoms with Gasteiger partial charge in [0.1, 0.15) is 5.82 Å². The second-order valence-corrected chi connectivity index (χ2v) is 6.65. The molecular formula is C16H12ClFN2O2S. The monoisotopic (exact) mass is 350 g/mol. The quantitative estimate of drug-likeness (QED) is 0.882. The molecule has 0 bridgehead atoms. The highest BCUT2D eigenvalue weighted by Gasteiger charge is 2.28. The number of fused-ring (bicyclic) bond motifs is 1. The highest BCUT2D eigenvalue weighted by molar-refractivity contribution is 8.01. The Kier molecular flexibility index (Phi) is 4.54. The SMILES string of the molecule is O=C(C[C@H]1Sc2ccccc2NC1=O)Nc1ccc(Cl)cc1F. The van der Waals surface area contributed by atoms with Gasteiger partial charge >= 0.3 is 0 Å². The molecule has 2 N–H and O–H groups in total. The molecule has 1 heterocycles. The number of benzene rings is 2. The van der Waals surface area contributed by atoms with Crippen molar-refractivity contribution in [1.82, 2.24) is 0 Å². The Hall–Kier alpha value is -2.05. The Morgan fingerprint density at radius 1 is 1.30 bits per heavy atom. The molecule has 0 fully saturated rings. The van der Waals surface area contributed by atoms with Crippen LogP contribution in [0.15, 0.2) is 47.4 Å². The van der Waals surface area contributed by atoms with Crippen molar-refractivity contribution in [3.63, 3.8) is 0 Å². The first-order valence-corrected chi connectivity index (χ1v) is 8.10. The lowest BCUT2D eigenvalue weighted by atomic mass is 10.2. The normalized spacial score (nSPS) is 16.4. The Bertz CT molecular complexity index is 784. The topological polar surface area (TPSA) is 58.2 Å². The van der Waals surface area contributed by atoms with Crippen molar-refractivity contribution in [2.24, 2.45) is 0 Å². The summed E-state index contributed by atoms with van der Waals surface area (Å²) in [6, 6.07) is 11.4. The van der Waals surface area contributed by atoms with Gasteiger partial charge in [0.2, 0.25) is 11.8 Å². The molecule has 4 nitrogen and oxygen atoms in total. The van der Waals surface area contributed by atoms with E-state index in [2.05, 4.69) is 10.6 Å². The third kappa shape index (κ3) is 3.65. The summed E-state index contributed by atoms with van der Waals surface area (Å²) in [6.07, 6.45) is -0.0487. The van der Waals surface area contributed by atoms with Crippen LogP contribution in [0.25, 0.3) is 0 Å². The van der Waals surface area contributed by atoms with Gasteiger partial charge in [0, 0.05) is 16.3 Å². The molecule has 1 aliphatic rings. The fourth-order valence-electron chi connectivity index (χ4n) is 2.19. The van der Waals surface area contributed by atoms with E-state index in [0.717, 1.165) is 16.6 Å². The Morgan fingerprint density at radius 2 is 2.09 bits per heavy atom. The molecule has 23 heavy (non-hydrogen) atoms. The average molecular weight is 351 g/mol. The van der Waals surface area contributed by atoms with Crippen LogP contribution in [0.2, 0.25) is 5.02 Å².